The highest BCUT2D eigenvalue weighted by atomic mass is 32.2. The van der Waals surface area contributed by atoms with Gasteiger partial charge in [0.05, 0.1) is 17.7 Å². The second-order valence-electron chi connectivity index (χ2n) is 4.91. The van der Waals surface area contributed by atoms with Gasteiger partial charge in [-0.15, -0.1) is 0 Å². The Hall–Kier alpha value is -2.13. The number of benzene rings is 1. The Kier molecular flexibility index (Phi) is 7.01. The van der Waals surface area contributed by atoms with Crippen molar-refractivity contribution in [2.24, 2.45) is 4.99 Å². The molecular formula is C15H18N4O3S2. The van der Waals surface area contributed by atoms with Crippen molar-refractivity contribution in [2.75, 3.05) is 18.6 Å². The van der Waals surface area contributed by atoms with Crippen LogP contribution in [0, 0.1) is 10.1 Å². The van der Waals surface area contributed by atoms with Gasteiger partial charge in [0.25, 0.3) is 0 Å². The average Bonchev–Trinajstić information content (AvgIpc) is 2.95. The molecule has 1 N–H and O–H groups in total. The lowest BCUT2D eigenvalue weighted by Gasteiger charge is -2.03. The van der Waals surface area contributed by atoms with Gasteiger partial charge in [-0.1, -0.05) is 30.3 Å². The van der Waals surface area contributed by atoms with Crippen molar-refractivity contribution in [3.05, 3.63) is 57.0 Å². The third-order valence-electron chi connectivity index (χ3n) is 3.08. The third-order valence-corrected chi connectivity index (χ3v) is 4.75. The van der Waals surface area contributed by atoms with E-state index < -0.39 is 11.0 Å². The molecule has 0 saturated heterocycles. The second kappa shape index (κ2) is 9.24. The predicted octanol–water partition coefficient (Wildman–Crippen LogP) is 2.87. The van der Waals surface area contributed by atoms with Crippen molar-refractivity contribution in [3.8, 4) is 0 Å². The molecule has 1 heterocycles. The number of carbonyl (C=O) groups excluding carboxylic acids is 1. The van der Waals surface area contributed by atoms with Crippen LogP contribution >= 0.6 is 23.1 Å². The lowest BCUT2D eigenvalue weighted by atomic mass is 10.2. The summed E-state index contributed by atoms with van der Waals surface area (Å²) in [6, 6.07) is 9.05. The molecule has 0 aliphatic carbocycles. The van der Waals surface area contributed by atoms with Crippen LogP contribution in [0.1, 0.15) is 12.0 Å². The first-order valence-electron chi connectivity index (χ1n) is 7.30. The Morgan fingerprint density at radius 2 is 2.17 bits per heavy atom. The lowest BCUT2D eigenvalue weighted by molar-refractivity contribution is -0.380. The molecule has 0 aliphatic heterocycles. The molecule has 0 atom stereocenters. The van der Waals surface area contributed by atoms with Gasteiger partial charge in [0, 0.05) is 6.54 Å². The fourth-order valence-corrected chi connectivity index (χ4v) is 3.21. The number of thiazole rings is 1. The van der Waals surface area contributed by atoms with E-state index in [0.717, 1.165) is 29.1 Å². The smallest absolute Gasteiger partial charge is 0.336 e. The molecule has 0 bridgehead atoms. The van der Waals surface area contributed by atoms with Gasteiger partial charge in [-0.3, -0.25) is 10.1 Å². The number of hydrogen-bond donors (Lipinski definition) is 1. The van der Waals surface area contributed by atoms with E-state index in [-0.39, 0.29) is 5.00 Å². The molecule has 0 spiro atoms. The van der Waals surface area contributed by atoms with Crippen molar-refractivity contribution in [2.45, 2.75) is 13.0 Å². The Labute approximate surface area is 147 Å². The molecule has 1 aromatic carbocycles. The number of nitrogens with one attached hydrogen (secondary N) is 1. The van der Waals surface area contributed by atoms with Gasteiger partial charge < -0.3 is 9.88 Å². The zero-order valence-corrected chi connectivity index (χ0v) is 14.8. The highest BCUT2D eigenvalue weighted by molar-refractivity contribution is 7.98. The molecule has 9 heteroatoms. The molecule has 0 saturated carbocycles. The number of rotatable bonds is 7. The SMILES string of the molecule is CSCCCNC(=O)/N=c1\sc([N+](=O)[O-])cn1Cc1ccccc1. The first kappa shape index (κ1) is 18.2. The summed E-state index contributed by atoms with van der Waals surface area (Å²) in [7, 11) is 0. The molecule has 0 radical (unpaired) electrons. The summed E-state index contributed by atoms with van der Waals surface area (Å²) >= 11 is 2.60. The monoisotopic (exact) mass is 366 g/mol. The Morgan fingerprint density at radius 1 is 1.42 bits per heavy atom. The van der Waals surface area contributed by atoms with E-state index in [0.29, 0.717) is 17.9 Å². The fourth-order valence-electron chi connectivity index (χ4n) is 1.97. The Balaban J connectivity index is 2.19. The van der Waals surface area contributed by atoms with Crippen molar-refractivity contribution < 1.29 is 9.72 Å². The minimum absolute atomic E-state index is 0.0418. The molecule has 24 heavy (non-hydrogen) atoms. The van der Waals surface area contributed by atoms with E-state index in [4.69, 9.17) is 0 Å². The van der Waals surface area contributed by atoms with Gasteiger partial charge in [0.15, 0.2) is 0 Å². The second-order valence-corrected chi connectivity index (χ2v) is 6.89. The number of nitrogens with zero attached hydrogens (tertiary/aromatic N) is 3. The number of thioether (sulfide) groups is 1. The van der Waals surface area contributed by atoms with Gasteiger partial charge in [0.2, 0.25) is 4.80 Å². The largest absolute Gasteiger partial charge is 0.343 e. The number of nitro groups is 1. The van der Waals surface area contributed by atoms with Gasteiger partial charge in [-0.2, -0.15) is 16.8 Å². The summed E-state index contributed by atoms with van der Waals surface area (Å²) in [6.07, 6.45) is 4.28. The first-order valence-corrected chi connectivity index (χ1v) is 9.51. The highest BCUT2D eigenvalue weighted by Crippen LogP contribution is 2.15. The van der Waals surface area contributed by atoms with Gasteiger partial charge >= 0.3 is 11.0 Å². The summed E-state index contributed by atoms with van der Waals surface area (Å²) in [5.74, 6) is 0.957. The minimum atomic E-state index is -0.477. The molecule has 1 aromatic heterocycles. The van der Waals surface area contributed by atoms with E-state index in [1.807, 2.05) is 36.6 Å². The minimum Gasteiger partial charge on any atom is -0.336 e. The quantitative estimate of drug-likeness (QED) is 0.463. The highest BCUT2D eigenvalue weighted by Gasteiger charge is 2.13. The molecule has 128 valence electrons. The van der Waals surface area contributed by atoms with Gasteiger partial charge in [-0.05, 0) is 35.3 Å². The van der Waals surface area contributed by atoms with Crippen molar-refractivity contribution in [3.63, 3.8) is 0 Å². The van der Waals surface area contributed by atoms with Crippen LogP contribution in [0.2, 0.25) is 0 Å². The summed E-state index contributed by atoms with van der Waals surface area (Å²) < 4.78 is 1.62. The maximum Gasteiger partial charge on any atom is 0.343 e. The number of carbonyl (C=O) groups is 1. The number of urea groups is 1. The average molecular weight is 366 g/mol. The topological polar surface area (TPSA) is 89.5 Å². The van der Waals surface area contributed by atoms with Crippen LogP contribution in [-0.4, -0.2) is 34.1 Å². The van der Waals surface area contributed by atoms with Crippen molar-refractivity contribution in [1.29, 1.82) is 0 Å². The standard InChI is InChI=1S/C15H18N4O3S2/c1-23-9-5-8-16-14(20)17-15-18(11-13(24-15)19(21)22)10-12-6-3-2-4-7-12/h2-4,6-7,11H,5,8-10H2,1H3,(H,16,20)/b17-15-. The van der Waals surface area contributed by atoms with E-state index >= 15 is 0 Å². The van der Waals surface area contributed by atoms with Crippen LogP contribution in [0.4, 0.5) is 9.80 Å². The van der Waals surface area contributed by atoms with E-state index in [2.05, 4.69) is 10.3 Å². The molecular weight excluding hydrogens is 348 g/mol. The molecule has 2 aromatic rings. The normalized spacial score (nSPS) is 11.5. The molecule has 0 aliphatic rings. The van der Waals surface area contributed by atoms with Crippen LogP contribution in [0.5, 0.6) is 0 Å². The maximum absolute atomic E-state index is 11.9. The molecule has 7 nitrogen and oxygen atoms in total. The number of hydrogen-bond acceptors (Lipinski definition) is 5. The van der Waals surface area contributed by atoms with Crippen molar-refractivity contribution in [1.82, 2.24) is 9.88 Å². The first-order chi connectivity index (χ1) is 11.6. The maximum atomic E-state index is 11.9. The van der Waals surface area contributed by atoms with Crippen LogP contribution < -0.4 is 10.1 Å². The Bertz CT molecular complexity index is 756. The number of amides is 2. The van der Waals surface area contributed by atoms with Crippen LogP contribution in [0.3, 0.4) is 0 Å². The van der Waals surface area contributed by atoms with Crippen LogP contribution in [0.15, 0.2) is 41.5 Å². The van der Waals surface area contributed by atoms with Crippen molar-refractivity contribution >= 4 is 34.1 Å². The zero-order chi connectivity index (χ0) is 17.4. The Morgan fingerprint density at radius 3 is 2.83 bits per heavy atom. The fraction of sp³-hybridized carbons (Fsp3) is 0.333. The number of aromatic nitrogens is 1. The molecule has 0 fully saturated rings. The molecule has 0 unspecified atom stereocenters. The van der Waals surface area contributed by atoms with E-state index in [1.54, 1.807) is 16.3 Å². The predicted molar refractivity (Wildman–Crippen MR) is 96.5 cm³/mol. The summed E-state index contributed by atoms with van der Waals surface area (Å²) in [4.78, 5) is 26.7. The van der Waals surface area contributed by atoms with Gasteiger partial charge in [0.1, 0.15) is 0 Å². The zero-order valence-electron chi connectivity index (χ0n) is 13.2. The van der Waals surface area contributed by atoms with Crippen LogP contribution in [-0.2, 0) is 6.54 Å². The molecule has 2 rings (SSSR count). The van der Waals surface area contributed by atoms with Gasteiger partial charge in [-0.25, -0.2) is 4.79 Å². The third kappa shape index (κ3) is 5.50. The van der Waals surface area contributed by atoms with Crippen LogP contribution in [0.25, 0.3) is 0 Å². The van der Waals surface area contributed by atoms with E-state index in [1.165, 1.54) is 6.20 Å². The molecule has 2 amide bonds. The summed E-state index contributed by atoms with van der Waals surface area (Å²) in [5, 5.41) is 13.7. The summed E-state index contributed by atoms with van der Waals surface area (Å²) in [6.45, 7) is 0.957. The lowest BCUT2D eigenvalue weighted by Crippen LogP contribution is -2.25. The van der Waals surface area contributed by atoms with E-state index in [9.17, 15) is 14.9 Å². The summed E-state index contributed by atoms with van der Waals surface area (Å²) in [5.41, 5.74) is 0.979.